The maximum atomic E-state index is 12.3. The topological polar surface area (TPSA) is 131 Å². The van der Waals surface area contributed by atoms with Gasteiger partial charge in [-0.1, -0.05) is 60.1 Å². The van der Waals surface area contributed by atoms with Crippen LogP contribution in [0.25, 0.3) is 11.1 Å². The average Bonchev–Trinajstić information content (AvgIpc) is 3.18. The Morgan fingerprint density at radius 2 is 1.71 bits per heavy atom. The molecule has 35 heavy (non-hydrogen) atoms. The molecule has 2 unspecified atom stereocenters. The number of nitrogens with one attached hydrogen (secondary N) is 1. The molecule has 3 aromatic carbocycles. The van der Waals surface area contributed by atoms with Crippen molar-refractivity contribution >= 4 is 23.4 Å². The number of hydrogen-bond donors (Lipinski definition) is 3. The SMILES string of the molecule is COc1cc(Cl)c(C(O)C(O)CNC(=O)OCC2c3ccccc3-c3ccccc32)cc1[N+](=O)[O-]. The molecule has 3 N–H and O–H groups in total. The number of halogens is 1. The predicted molar refractivity (Wildman–Crippen MR) is 129 cm³/mol. The van der Waals surface area contributed by atoms with Crippen molar-refractivity contribution in [1.82, 2.24) is 5.32 Å². The highest BCUT2D eigenvalue weighted by Crippen LogP contribution is 2.44. The molecular formula is C25H23ClN2O7. The zero-order valence-electron chi connectivity index (χ0n) is 18.7. The quantitative estimate of drug-likeness (QED) is 0.313. The van der Waals surface area contributed by atoms with Crippen molar-refractivity contribution in [2.24, 2.45) is 0 Å². The van der Waals surface area contributed by atoms with Crippen LogP contribution in [-0.2, 0) is 4.74 Å². The molecule has 9 nitrogen and oxygen atoms in total. The zero-order valence-corrected chi connectivity index (χ0v) is 19.4. The summed E-state index contributed by atoms with van der Waals surface area (Å²) in [4.78, 5) is 22.9. The second-order valence-electron chi connectivity index (χ2n) is 8.02. The number of amides is 1. The van der Waals surface area contributed by atoms with E-state index in [1.807, 2.05) is 48.5 Å². The summed E-state index contributed by atoms with van der Waals surface area (Å²) >= 11 is 6.11. The third-order valence-electron chi connectivity index (χ3n) is 5.98. The highest BCUT2D eigenvalue weighted by atomic mass is 35.5. The van der Waals surface area contributed by atoms with E-state index in [1.54, 1.807) is 0 Å². The molecule has 0 bridgehead atoms. The predicted octanol–water partition coefficient (Wildman–Crippen LogP) is 4.19. The van der Waals surface area contributed by atoms with Gasteiger partial charge < -0.3 is 25.0 Å². The van der Waals surface area contributed by atoms with Gasteiger partial charge >= 0.3 is 11.8 Å². The van der Waals surface area contributed by atoms with Crippen LogP contribution < -0.4 is 10.1 Å². The molecule has 182 valence electrons. The van der Waals surface area contributed by atoms with Crippen LogP contribution >= 0.6 is 11.6 Å². The standard InChI is InChI=1S/C25H23ClN2O7/c1-34-23-11-20(26)18(10-21(23)28(32)33)24(30)22(29)12-27-25(31)35-13-19-16-8-4-2-6-14(16)15-7-3-5-9-17(15)19/h2-11,19,22,24,29-30H,12-13H2,1H3,(H,27,31). The highest BCUT2D eigenvalue weighted by Gasteiger charge is 2.30. The normalized spacial score (nSPS) is 13.9. The number of methoxy groups -OCH3 is 1. The molecule has 0 fully saturated rings. The Morgan fingerprint density at radius 3 is 2.29 bits per heavy atom. The summed E-state index contributed by atoms with van der Waals surface area (Å²) in [6.07, 6.45) is -3.87. The minimum atomic E-state index is -1.60. The maximum absolute atomic E-state index is 12.3. The fourth-order valence-corrected chi connectivity index (χ4v) is 4.51. The van der Waals surface area contributed by atoms with Crippen molar-refractivity contribution in [3.05, 3.63) is 92.5 Å². The number of nitrogens with zero attached hydrogens (tertiary/aromatic N) is 1. The van der Waals surface area contributed by atoms with Crippen LogP contribution in [-0.4, -0.2) is 47.6 Å². The lowest BCUT2D eigenvalue weighted by Gasteiger charge is -2.20. The Morgan fingerprint density at radius 1 is 1.11 bits per heavy atom. The molecule has 0 saturated heterocycles. The first kappa shape index (κ1) is 24.5. The first-order valence-electron chi connectivity index (χ1n) is 10.8. The molecule has 10 heteroatoms. The van der Waals surface area contributed by atoms with E-state index < -0.39 is 28.9 Å². The van der Waals surface area contributed by atoms with Gasteiger partial charge in [0.15, 0.2) is 5.75 Å². The average molecular weight is 499 g/mol. The third kappa shape index (κ3) is 4.93. The summed E-state index contributed by atoms with van der Waals surface area (Å²) in [5.74, 6) is -0.204. The van der Waals surface area contributed by atoms with Crippen LogP contribution in [0, 0.1) is 10.1 Å². The lowest BCUT2D eigenvalue weighted by atomic mass is 9.98. The molecule has 0 spiro atoms. The minimum absolute atomic E-state index is 0.0276. The number of alkyl carbamates (subject to hydrolysis) is 1. The number of fused-ring (bicyclic) bond motifs is 3. The summed E-state index contributed by atoms with van der Waals surface area (Å²) in [5.41, 5.74) is 3.84. The number of rotatable bonds is 8. The van der Waals surface area contributed by atoms with E-state index in [9.17, 15) is 25.1 Å². The van der Waals surface area contributed by atoms with E-state index in [-0.39, 0.29) is 35.4 Å². The van der Waals surface area contributed by atoms with E-state index in [4.69, 9.17) is 21.1 Å². The van der Waals surface area contributed by atoms with E-state index in [2.05, 4.69) is 5.32 Å². The number of nitro benzene ring substituents is 1. The van der Waals surface area contributed by atoms with Crippen molar-refractivity contribution in [2.75, 3.05) is 20.3 Å². The third-order valence-corrected chi connectivity index (χ3v) is 6.30. The molecule has 0 saturated carbocycles. The Labute approximate surface area is 206 Å². The van der Waals surface area contributed by atoms with E-state index in [1.165, 1.54) is 13.2 Å². The largest absolute Gasteiger partial charge is 0.490 e. The molecule has 3 aromatic rings. The second kappa shape index (κ2) is 10.3. The van der Waals surface area contributed by atoms with Crippen molar-refractivity contribution < 1.29 is 29.4 Å². The second-order valence-corrected chi connectivity index (χ2v) is 8.43. The summed E-state index contributed by atoms with van der Waals surface area (Å²) in [6, 6.07) is 18.1. The van der Waals surface area contributed by atoms with Crippen LogP contribution in [0.1, 0.15) is 28.7 Å². The Balaban J connectivity index is 1.37. The number of nitro groups is 1. The molecule has 0 radical (unpaired) electrons. The van der Waals surface area contributed by atoms with Gasteiger partial charge in [0.1, 0.15) is 18.8 Å². The fraction of sp³-hybridized carbons (Fsp3) is 0.240. The van der Waals surface area contributed by atoms with Gasteiger partial charge in [-0.15, -0.1) is 0 Å². The van der Waals surface area contributed by atoms with Gasteiger partial charge in [-0.3, -0.25) is 10.1 Å². The molecule has 2 atom stereocenters. The van der Waals surface area contributed by atoms with Gasteiger partial charge in [-0.25, -0.2) is 4.79 Å². The summed E-state index contributed by atoms with van der Waals surface area (Å²) in [7, 11) is 1.25. The van der Waals surface area contributed by atoms with Crippen molar-refractivity contribution in [3.63, 3.8) is 0 Å². The van der Waals surface area contributed by atoms with Crippen LogP contribution in [0.5, 0.6) is 5.75 Å². The number of carbonyl (C=O) groups is 1. The van der Waals surface area contributed by atoms with E-state index in [0.717, 1.165) is 28.3 Å². The van der Waals surface area contributed by atoms with Crippen molar-refractivity contribution in [1.29, 1.82) is 0 Å². The molecule has 1 aliphatic rings. The van der Waals surface area contributed by atoms with Crippen LogP contribution in [0.15, 0.2) is 60.7 Å². The number of ether oxygens (including phenoxy) is 2. The van der Waals surface area contributed by atoms with Crippen LogP contribution in [0.2, 0.25) is 5.02 Å². The summed E-state index contributed by atoms with van der Waals surface area (Å²) in [5, 5.41) is 34.5. The number of hydrogen-bond acceptors (Lipinski definition) is 7. The molecule has 0 aliphatic heterocycles. The van der Waals surface area contributed by atoms with Crippen LogP contribution in [0.3, 0.4) is 0 Å². The summed E-state index contributed by atoms with van der Waals surface area (Å²) in [6.45, 7) is -0.275. The zero-order chi connectivity index (χ0) is 25.1. The monoisotopic (exact) mass is 498 g/mol. The molecule has 0 heterocycles. The molecule has 0 aromatic heterocycles. The van der Waals surface area contributed by atoms with Gasteiger partial charge in [0.25, 0.3) is 0 Å². The van der Waals surface area contributed by atoms with Crippen LogP contribution in [0.4, 0.5) is 10.5 Å². The summed E-state index contributed by atoms with van der Waals surface area (Å²) < 4.78 is 10.3. The molecule has 1 amide bonds. The lowest BCUT2D eigenvalue weighted by molar-refractivity contribution is -0.385. The number of aliphatic hydroxyl groups excluding tert-OH is 2. The lowest BCUT2D eigenvalue weighted by Crippen LogP contribution is -2.36. The Bertz CT molecular complexity index is 1220. The highest BCUT2D eigenvalue weighted by molar-refractivity contribution is 6.31. The molecule has 4 rings (SSSR count). The van der Waals surface area contributed by atoms with E-state index in [0.29, 0.717) is 0 Å². The van der Waals surface area contributed by atoms with Crippen molar-refractivity contribution in [3.8, 4) is 16.9 Å². The maximum Gasteiger partial charge on any atom is 0.407 e. The van der Waals surface area contributed by atoms with Gasteiger partial charge in [-0.2, -0.15) is 0 Å². The number of aliphatic hydroxyl groups is 2. The Kier molecular flexibility index (Phi) is 7.20. The van der Waals surface area contributed by atoms with Gasteiger partial charge in [0.05, 0.1) is 17.1 Å². The first-order valence-corrected chi connectivity index (χ1v) is 11.2. The van der Waals surface area contributed by atoms with Gasteiger partial charge in [0, 0.05) is 30.2 Å². The number of carbonyl (C=O) groups excluding carboxylic acids is 1. The molecular weight excluding hydrogens is 476 g/mol. The first-order chi connectivity index (χ1) is 16.8. The van der Waals surface area contributed by atoms with Gasteiger partial charge in [-0.05, 0) is 22.3 Å². The fourth-order valence-electron chi connectivity index (χ4n) is 4.25. The molecule has 1 aliphatic carbocycles. The minimum Gasteiger partial charge on any atom is -0.490 e. The van der Waals surface area contributed by atoms with Crippen molar-refractivity contribution in [2.45, 2.75) is 18.1 Å². The smallest absolute Gasteiger partial charge is 0.407 e. The van der Waals surface area contributed by atoms with Gasteiger partial charge in [0.2, 0.25) is 0 Å². The number of benzene rings is 3. The van der Waals surface area contributed by atoms with E-state index >= 15 is 0 Å². The Hall–Kier alpha value is -3.66.